The Bertz CT molecular complexity index is 435. The average molecular weight is 236 g/mol. The summed E-state index contributed by atoms with van der Waals surface area (Å²) in [6, 6.07) is 5.91. The molecule has 90 valence electrons. The number of halogens is 1. The molecule has 3 atom stereocenters. The minimum Gasteiger partial charge on any atom is -0.358 e. The Morgan fingerprint density at radius 3 is 2.76 bits per heavy atom. The normalized spacial score (nSPS) is 31.6. The fourth-order valence-corrected chi connectivity index (χ4v) is 2.52. The van der Waals surface area contributed by atoms with Crippen LogP contribution < -0.4 is 10.6 Å². The van der Waals surface area contributed by atoms with Gasteiger partial charge in [0.1, 0.15) is 12.0 Å². The summed E-state index contributed by atoms with van der Waals surface area (Å²) in [6.45, 7) is 0.648. The predicted molar refractivity (Wildman–Crippen MR) is 58.7 cm³/mol. The Kier molecular flexibility index (Phi) is 2.48. The van der Waals surface area contributed by atoms with E-state index in [2.05, 4.69) is 10.6 Å². The van der Waals surface area contributed by atoms with Crippen LogP contribution >= 0.6 is 0 Å². The minimum absolute atomic E-state index is 0.100. The molecule has 4 nitrogen and oxygen atoms in total. The molecular weight excluding hydrogens is 223 g/mol. The summed E-state index contributed by atoms with van der Waals surface area (Å²) in [5.74, 6) is -0.0635. The molecule has 1 aromatic rings. The van der Waals surface area contributed by atoms with Crippen molar-refractivity contribution in [2.45, 2.75) is 18.7 Å². The van der Waals surface area contributed by atoms with Gasteiger partial charge >= 0.3 is 6.03 Å². The van der Waals surface area contributed by atoms with Crippen molar-refractivity contribution in [3.05, 3.63) is 35.6 Å². The summed E-state index contributed by atoms with van der Waals surface area (Å²) < 4.78 is 18.3. The third kappa shape index (κ3) is 1.86. The highest BCUT2D eigenvalue weighted by Crippen LogP contribution is 2.34. The first-order valence-electron chi connectivity index (χ1n) is 5.68. The van der Waals surface area contributed by atoms with Crippen molar-refractivity contribution in [1.82, 2.24) is 10.6 Å². The summed E-state index contributed by atoms with van der Waals surface area (Å²) in [4.78, 5) is 11.5. The van der Waals surface area contributed by atoms with Crippen LogP contribution in [-0.4, -0.2) is 18.9 Å². The zero-order valence-electron chi connectivity index (χ0n) is 9.15. The Balaban J connectivity index is 1.89. The van der Waals surface area contributed by atoms with Gasteiger partial charge in [0.15, 0.2) is 0 Å². The smallest absolute Gasteiger partial charge is 0.317 e. The van der Waals surface area contributed by atoms with Crippen molar-refractivity contribution in [1.29, 1.82) is 0 Å². The number of benzene rings is 1. The summed E-state index contributed by atoms with van der Waals surface area (Å²) in [7, 11) is 0. The highest BCUT2D eigenvalue weighted by atomic mass is 19.1. The van der Waals surface area contributed by atoms with Gasteiger partial charge in [0, 0.05) is 12.5 Å². The van der Waals surface area contributed by atoms with Crippen molar-refractivity contribution in [2.24, 2.45) is 5.92 Å². The molecule has 1 aromatic carbocycles. The Morgan fingerprint density at radius 2 is 2.00 bits per heavy atom. The Hall–Kier alpha value is -1.62. The number of hydrogen-bond acceptors (Lipinski definition) is 2. The van der Waals surface area contributed by atoms with Gasteiger partial charge in [-0.15, -0.1) is 0 Å². The minimum atomic E-state index is -0.270. The van der Waals surface area contributed by atoms with E-state index in [0.29, 0.717) is 6.61 Å². The highest BCUT2D eigenvalue weighted by molar-refractivity contribution is 5.75. The van der Waals surface area contributed by atoms with Crippen LogP contribution in [0.3, 0.4) is 0 Å². The summed E-state index contributed by atoms with van der Waals surface area (Å²) in [5, 5.41) is 5.61. The Morgan fingerprint density at radius 1 is 1.24 bits per heavy atom. The van der Waals surface area contributed by atoms with Crippen LogP contribution in [0.2, 0.25) is 0 Å². The first-order valence-corrected chi connectivity index (χ1v) is 5.68. The van der Waals surface area contributed by atoms with E-state index in [9.17, 15) is 9.18 Å². The quantitative estimate of drug-likeness (QED) is 0.777. The van der Waals surface area contributed by atoms with E-state index in [1.807, 2.05) is 0 Å². The topological polar surface area (TPSA) is 50.4 Å². The van der Waals surface area contributed by atoms with Crippen LogP contribution in [0.4, 0.5) is 9.18 Å². The largest absolute Gasteiger partial charge is 0.358 e. The first-order chi connectivity index (χ1) is 8.24. The van der Waals surface area contributed by atoms with Crippen LogP contribution in [0.1, 0.15) is 18.0 Å². The first kappa shape index (κ1) is 10.5. The van der Waals surface area contributed by atoms with E-state index >= 15 is 0 Å². The number of rotatable bonds is 1. The molecule has 2 saturated heterocycles. The molecule has 0 spiro atoms. The molecular formula is C12H13FN2O2. The molecule has 2 aliphatic rings. The number of carbonyl (C=O) groups is 1. The zero-order valence-corrected chi connectivity index (χ0v) is 9.15. The van der Waals surface area contributed by atoms with Gasteiger partial charge in [0.25, 0.3) is 0 Å². The van der Waals surface area contributed by atoms with Crippen molar-refractivity contribution >= 4 is 6.03 Å². The predicted octanol–water partition coefficient (Wildman–Crippen LogP) is 1.54. The lowest BCUT2D eigenvalue weighted by Crippen LogP contribution is -2.54. The molecule has 2 amide bonds. The zero-order chi connectivity index (χ0) is 11.8. The van der Waals surface area contributed by atoms with E-state index in [1.165, 1.54) is 12.1 Å². The van der Waals surface area contributed by atoms with Crippen LogP contribution in [0.15, 0.2) is 24.3 Å². The lowest BCUT2D eigenvalue weighted by Gasteiger charge is -2.34. The fourth-order valence-electron chi connectivity index (χ4n) is 2.52. The SMILES string of the molecule is O=C1N[C@@H]2OCC[C@@H]2[C@@H](c2ccc(F)cc2)N1. The van der Waals surface area contributed by atoms with Gasteiger partial charge in [-0.25, -0.2) is 9.18 Å². The lowest BCUT2D eigenvalue weighted by molar-refractivity contribution is 0.0487. The number of urea groups is 1. The number of ether oxygens (including phenoxy) is 1. The van der Waals surface area contributed by atoms with Crippen LogP contribution in [0.25, 0.3) is 0 Å². The van der Waals surface area contributed by atoms with E-state index in [1.54, 1.807) is 12.1 Å². The highest BCUT2D eigenvalue weighted by Gasteiger charge is 2.41. The third-order valence-corrected chi connectivity index (χ3v) is 3.35. The van der Waals surface area contributed by atoms with E-state index < -0.39 is 0 Å². The number of hydrogen-bond donors (Lipinski definition) is 2. The molecule has 0 aliphatic carbocycles. The van der Waals surface area contributed by atoms with Gasteiger partial charge in [0.05, 0.1) is 6.04 Å². The second-order valence-corrected chi connectivity index (χ2v) is 4.39. The van der Waals surface area contributed by atoms with Crippen LogP contribution in [0, 0.1) is 11.7 Å². The summed E-state index contributed by atoms with van der Waals surface area (Å²) >= 11 is 0. The van der Waals surface area contributed by atoms with Gasteiger partial charge in [-0.05, 0) is 24.1 Å². The molecule has 2 aliphatic heterocycles. The maximum atomic E-state index is 12.9. The standard InChI is InChI=1S/C12H13FN2O2/c13-8-3-1-7(2-4-8)10-9-5-6-17-11(9)15-12(16)14-10/h1-4,9-11H,5-6H2,(H2,14,15,16)/t9-,10-,11-/m1/s1. The Labute approximate surface area is 98.1 Å². The van der Waals surface area contributed by atoms with Crippen molar-refractivity contribution in [3.63, 3.8) is 0 Å². The lowest BCUT2D eigenvalue weighted by atomic mass is 9.89. The van der Waals surface area contributed by atoms with Crippen LogP contribution in [-0.2, 0) is 4.74 Å². The van der Waals surface area contributed by atoms with Crippen molar-refractivity contribution < 1.29 is 13.9 Å². The van der Waals surface area contributed by atoms with Gasteiger partial charge in [-0.2, -0.15) is 0 Å². The monoisotopic (exact) mass is 236 g/mol. The van der Waals surface area contributed by atoms with Crippen LogP contribution in [0.5, 0.6) is 0 Å². The van der Waals surface area contributed by atoms with Crippen molar-refractivity contribution in [2.75, 3.05) is 6.61 Å². The molecule has 2 heterocycles. The molecule has 0 bridgehead atoms. The molecule has 17 heavy (non-hydrogen) atoms. The maximum Gasteiger partial charge on any atom is 0.317 e. The number of carbonyl (C=O) groups excluding carboxylic acids is 1. The van der Waals surface area contributed by atoms with E-state index in [0.717, 1.165) is 12.0 Å². The number of nitrogens with one attached hydrogen (secondary N) is 2. The summed E-state index contributed by atoms with van der Waals surface area (Å²) in [6.07, 6.45) is 0.666. The van der Waals surface area contributed by atoms with Gasteiger partial charge in [-0.3, -0.25) is 0 Å². The van der Waals surface area contributed by atoms with Crippen molar-refractivity contribution in [3.8, 4) is 0 Å². The second-order valence-electron chi connectivity index (χ2n) is 4.39. The molecule has 0 unspecified atom stereocenters. The fraction of sp³-hybridized carbons (Fsp3) is 0.417. The average Bonchev–Trinajstić information content (AvgIpc) is 2.77. The second kappa shape index (κ2) is 4.00. The molecule has 3 rings (SSSR count). The van der Waals surface area contributed by atoms with E-state index in [-0.39, 0.29) is 30.0 Å². The summed E-state index contributed by atoms with van der Waals surface area (Å²) in [5.41, 5.74) is 0.918. The number of fused-ring (bicyclic) bond motifs is 1. The molecule has 2 fully saturated rings. The molecule has 0 radical (unpaired) electrons. The third-order valence-electron chi connectivity index (χ3n) is 3.35. The van der Waals surface area contributed by atoms with Gasteiger partial charge in [-0.1, -0.05) is 12.1 Å². The van der Waals surface area contributed by atoms with Gasteiger partial charge in [0.2, 0.25) is 0 Å². The molecule has 0 aromatic heterocycles. The van der Waals surface area contributed by atoms with Gasteiger partial charge < -0.3 is 15.4 Å². The molecule has 0 saturated carbocycles. The molecule has 2 N–H and O–H groups in total. The van der Waals surface area contributed by atoms with E-state index in [4.69, 9.17) is 4.74 Å². The molecule has 5 heteroatoms. The number of amides is 2. The maximum absolute atomic E-state index is 12.9.